The number of amides is 2. The van der Waals surface area contributed by atoms with Gasteiger partial charge in [-0.25, -0.2) is 0 Å². The number of aryl methyl sites for hydroxylation is 2. The molecule has 0 bridgehead atoms. The molecule has 0 aliphatic carbocycles. The van der Waals surface area contributed by atoms with E-state index in [0.717, 1.165) is 16.7 Å². The predicted molar refractivity (Wildman–Crippen MR) is 106 cm³/mol. The highest BCUT2D eigenvalue weighted by atomic mass is 16.2. The van der Waals surface area contributed by atoms with E-state index in [2.05, 4.69) is 20.9 Å². The fourth-order valence-electron chi connectivity index (χ4n) is 3.13. The third-order valence-electron chi connectivity index (χ3n) is 4.26. The van der Waals surface area contributed by atoms with Gasteiger partial charge in [-0.1, -0.05) is 35.4 Å². The minimum absolute atomic E-state index is 0.115. The topological polar surface area (TPSA) is 107 Å². The fraction of sp³-hybridized carbons (Fsp3) is 0.333. The quantitative estimate of drug-likeness (QED) is 0.600. The molecule has 0 saturated carbocycles. The zero-order valence-electron chi connectivity index (χ0n) is 16.3. The Bertz CT molecular complexity index is 841. The van der Waals surface area contributed by atoms with Gasteiger partial charge in [0, 0.05) is 18.8 Å². The molecule has 3 N–H and O–H groups in total. The van der Waals surface area contributed by atoms with Crippen molar-refractivity contribution in [3.05, 3.63) is 65.0 Å². The van der Waals surface area contributed by atoms with Gasteiger partial charge < -0.3 is 16.0 Å². The first-order chi connectivity index (χ1) is 13.4. The molecule has 2 rings (SSSR count). The Hall–Kier alpha value is -3.24. The van der Waals surface area contributed by atoms with Crippen molar-refractivity contribution in [2.75, 3.05) is 13.6 Å². The van der Waals surface area contributed by atoms with Gasteiger partial charge in [0.1, 0.15) is 18.6 Å². The molecule has 1 aromatic heterocycles. The minimum atomic E-state index is -0.797. The lowest BCUT2D eigenvalue weighted by molar-refractivity contribution is -0.130. The van der Waals surface area contributed by atoms with E-state index in [1.54, 1.807) is 31.6 Å². The van der Waals surface area contributed by atoms with Gasteiger partial charge in [-0.05, 0) is 38.1 Å². The Morgan fingerprint density at radius 3 is 2.46 bits per heavy atom. The van der Waals surface area contributed by atoms with Gasteiger partial charge in [0.2, 0.25) is 11.8 Å². The van der Waals surface area contributed by atoms with Gasteiger partial charge in [-0.3, -0.25) is 14.6 Å². The summed E-state index contributed by atoms with van der Waals surface area (Å²) in [6, 6.07) is 10.0. The van der Waals surface area contributed by atoms with Gasteiger partial charge in [0.25, 0.3) is 0 Å². The van der Waals surface area contributed by atoms with Crippen LogP contribution in [0.25, 0.3) is 0 Å². The Balaban J connectivity index is 2.21. The first-order valence-electron chi connectivity index (χ1n) is 9.04. The van der Waals surface area contributed by atoms with Gasteiger partial charge in [-0.2, -0.15) is 5.26 Å². The Morgan fingerprint density at radius 1 is 1.18 bits per heavy atom. The second-order valence-electron chi connectivity index (χ2n) is 6.65. The van der Waals surface area contributed by atoms with Crippen molar-refractivity contribution in [3.8, 4) is 6.07 Å². The normalized spacial score (nSPS) is 12.5. The maximum atomic E-state index is 12.8. The zero-order valence-corrected chi connectivity index (χ0v) is 16.3. The smallest absolute Gasteiger partial charge is 0.243 e. The SMILES string of the molecule is CNC(C(=O)N[C@@H](Cc1cc(C)cc(C)c1)C(=O)NCC#N)c1cccnc1. The number of carbonyl (C=O) groups excluding carboxylic acids is 2. The van der Waals surface area contributed by atoms with Crippen molar-refractivity contribution in [2.45, 2.75) is 32.4 Å². The molecule has 2 atom stereocenters. The number of aromatic nitrogens is 1. The van der Waals surface area contributed by atoms with Crippen molar-refractivity contribution in [1.29, 1.82) is 5.26 Å². The molecule has 0 spiro atoms. The third-order valence-corrected chi connectivity index (χ3v) is 4.26. The molecule has 28 heavy (non-hydrogen) atoms. The van der Waals surface area contributed by atoms with Crippen molar-refractivity contribution >= 4 is 11.8 Å². The number of rotatable bonds is 8. The van der Waals surface area contributed by atoms with Gasteiger partial charge >= 0.3 is 0 Å². The van der Waals surface area contributed by atoms with Crippen LogP contribution in [0.15, 0.2) is 42.7 Å². The van der Waals surface area contributed by atoms with Gasteiger partial charge in [0.05, 0.1) is 6.07 Å². The standard InChI is InChI=1S/C21H25N5O2/c1-14-9-15(2)11-16(10-14)12-18(20(27)25-8-6-22)26-21(28)19(23-3)17-5-4-7-24-13-17/h4-5,7,9-11,13,18-19,23H,8,12H2,1-3H3,(H,25,27)(H,26,28)/t18-,19?/m0/s1. The van der Waals surface area contributed by atoms with E-state index in [-0.39, 0.29) is 12.5 Å². The van der Waals surface area contributed by atoms with Gasteiger partial charge in [-0.15, -0.1) is 0 Å². The summed E-state index contributed by atoms with van der Waals surface area (Å²) in [7, 11) is 1.67. The van der Waals surface area contributed by atoms with Crippen LogP contribution < -0.4 is 16.0 Å². The molecule has 0 aliphatic rings. The molecule has 1 unspecified atom stereocenters. The molecule has 1 heterocycles. The molecule has 0 aliphatic heterocycles. The lowest BCUT2D eigenvalue weighted by Gasteiger charge is -2.22. The number of hydrogen-bond acceptors (Lipinski definition) is 5. The predicted octanol–water partition coefficient (Wildman–Crippen LogP) is 1.33. The van der Waals surface area contributed by atoms with Crippen LogP contribution in [0.1, 0.15) is 28.3 Å². The van der Waals surface area contributed by atoms with Gasteiger partial charge in [0.15, 0.2) is 0 Å². The highest BCUT2D eigenvalue weighted by Gasteiger charge is 2.26. The van der Waals surface area contributed by atoms with E-state index in [0.29, 0.717) is 12.0 Å². The van der Waals surface area contributed by atoms with Crippen LogP contribution in [0.3, 0.4) is 0 Å². The summed E-state index contributed by atoms with van der Waals surface area (Å²) < 4.78 is 0. The van der Waals surface area contributed by atoms with Crippen LogP contribution in [-0.4, -0.2) is 36.4 Å². The average Bonchev–Trinajstić information content (AvgIpc) is 2.66. The van der Waals surface area contributed by atoms with Crippen molar-refractivity contribution < 1.29 is 9.59 Å². The van der Waals surface area contributed by atoms with E-state index >= 15 is 0 Å². The average molecular weight is 379 g/mol. The molecular formula is C21H25N5O2. The molecule has 0 saturated heterocycles. The third kappa shape index (κ3) is 5.89. The maximum absolute atomic E-state index is 12.8. The lowest BCUT2D eigenvalue weighted by Crippen LogP contribution is -2.50. The number of nitrogens with zero attached hydrogens (tertiary/aromatic N) is 2. The summed E-state index contributed by atoms with van der Waals surface area (Å²) in [5.41, 5.74) is 3.81. The van der Waals surface area contributed by atoms with E-state index in [1.807, 2.05) is 38.1 Å². The highest BCUT2D eigenvalue weighted by Crippen LogP contribution is 2.14. The molecule has 0 fully saturated rings. The molecule has 0 radical (unpaired) electrons. The largest absolute Gasteiger partial charge is 0.342 e. The number of likely N-dealkylation sites (N-methyl/N-ethyl adjacent to an activating group) is 1. The summed E-state index contributed by atoms with van der Waals surface area (Å²) >= 11 is 0. The van der Waals surface area contributed by atoms with Crippen LogP contribution in [-0.2, 0) is 16.0 Å². The molecule has 2 aromatic rings. The molecule has 146 valence electrons. The van der Waals surface area contributed by atoms with Crippen LogP contribution >= 0.6 is 0 Å². The Morgan fingerprint density at radius 2 is 1.89 bits per heavy atom. The van der Waals surface area contributed by atoms with Crippen molar-refractivity contribution in [3.63, 3.8) is 0 Å². The highest BCUT2D eigenvalue weighted by molar-refractivity contribution is 5.90. The first kappa shape index (κ1) is 21.1. The molecule has 1 aromatic carbocycles. The first-order valence-corrected chi connectivity index (χ1v) is 9.04. The van der Waals surface area contributed by atoms with Crippen LogP contribution in [0.5, 0.6) is 0 Å². The monoisotopic (exact) mass is 379 g/mol. The number of pyridine rings is 1. The molecule has 2 amide bonds. The fourth-order valence-corrected chi connectivity index (χ4v) is 3.13. The molecular weight excluding hydrogens is 354 g/mol. The van der Waals surface area contributed by atoms with Crippen LogP contribution in [0, 0.1) is 25.2 Å². The van der Waals surface area contributed by atoms with E-state index in [1.165, 1.54) is 0 Å². The second kappa shape index (κ2) is 10.2. The number of nitriles is 1. The summed E-state index contributed by atoms with van der Waals surface area (Å²) in [5.74, 6) is -0.730. The lowest BCUT2D eigenvalue weighted by atomic mass is 10.00. The van der Waals surface area contributed by atoms with Crippen molar-refractivity contribution in [1.82, 2.24) is 20.9 Å². The molecule has 7 nitrogen and oxygen atoms in total. The number of carbonyl (C=O) groups is 2. The summed E-state index contributed by atoms with van der Waals surface area (Å²) in [6.07, 6.45) is 3.57. The van der Waals surface area contributed by atoms with E-state index in [9.17, 15) is 9.59 Å². The summed E-state index contributed by atoms with van der Waals surface area (Å²) in [5, 5.41) is 17.0. The Kier molecular flexibility index (Phi) is 7.66. The summed E-state index contributed by atoms with van der Waals surface area (Å²) in [4.78, 5) is 29.4. The number of nitrogens with one attached hydrogen (secondary N) is 3. The summed E-state index contributed by atoms with van der Waals surface area (Å²) in [6.45, 7) is 3.86. The second-order valence-corrected chi connectivity index (χ2v) is 6.65. The van der Waals surface area contributed by atoms with E-state index in [4.69, 9.17) is 5.26 Å². The molecule has 7 heteroatoms. The number of hydrogen-bond donors (Lipinski definition) is 3. The minimum Gasteiger partial charge on any atom is -0.342 e. The van der Waals surface area contributed by atoms with Crippen LogP contribution in [0.4, 0.5) is 0 Å². The van der Waals surface area contributed by atoms with Crippen molar-refractivity contribution in [2.24, 2.45) is 0 Å². The maximum Gasteiger partial charge on any atom is 0.243 e. The van der Waals surface area contributed by atoms with E-state index < -0.39 is 18.0 Å². The Labute approximate surface area is 165 Å². The van der Waals surface area contributed by atoms with Crippen LogP contribution in [0.2, 0.25) is 0 Å². The number of benzene rings is 1. The zero-order chi connectivity index (χ0) is 20.5.